The van der Waals surface area contributed by atoms with Gasteiger partial charge in [-0.1, -0.05) is 0 Å². The van der Waals surface area contributed by atoms with Crippen LogP contribution in [0.25, 0.3) is 0 Å². The molecule has 1 aromatic rings. The summed E-state index contributed by atoms with van der Waals surface area (Å²) in [6, 6.07) is 1.29. The van der Waals surface area contributed by atoms with E-state index in [0.717, 1.165) is 16.3 Å². The predicted molar refractivity (Wildman–Crippen MR) is 120 cm³/mol. The van der Waals surface area contributed by atoms with Crippen LogP contribution in [-0.4, -0.2) is 115 Å². The van der Waals surface area contributed by atoms with Crippen molar-refractivity contribution in [3.8, 4) is 0 Å². The number of anilines is 1. The molecule has 5 unspecified atom stereocenters. The lowest BCUT2D eigenvalue weighted by atomic mass is 10.0. The number of nitrogen functional groups attached to an aromatic ring is 1. The molecular formula is C18H29FN3O12PS. The van der Waals surface area contributed by atoms with Gasteiger partial charge in [-0.3, -0.25) is 13.6 Å². The highest BCUT2D eigenvalue weighted by atomic mass is 32.2. The third-order valence-electron chi connectivity index (χ3n) is 5.43. The number of aromatic nitrogens is 2. The molecule has 36 heavy (non-hydrogen) atoms. The van der Waals surface area contributed by atoms with Crippen molar-refractivity contribution in [3.63, 3.8) is 0 Å². The Morgan fingerprint density at radius 3 is 2.61 bits per heavy atom. The number of alkyl halides is 1. The zero-order valence-electron chi connectivity index (χ0n) is 18.7. The summed E-state index contributed by atoms with van der Waals surface area (Å²) in [6.45, 7) is -1.86. The number of hydrogen-bond acceptors (Lipinski definition) is 14. The molecule has 10 atom stereocenters. The predicted octanol–water partition coefficient (Wildman–Crippen LogP) is -2.52. The van der Waals surface area contributed by atoms with E-state index in [9.17, 15) is 44.2 Å². The van der Waals surface area contributed by atoms with E-state index < -0.39 is 86.9 Å². The number of hydrogen-bond donors (Lipinski definition) is 7. The van der Waals surface area contributed by atoms with Gasteiger partial charge in [0.2, 0.25) is 0 Å². The first-order valence-corrected chi connectivity index (χ1v) is 13.2. The third kappa shape index (κ3) is 7.43. The Balaban J connectivity index is 1.46. The van der Waals surface area contributed by atoms with Crippen molar-refractivity contribution < 1.29 is 57.9 Å². The number of nitrogens with zero attached hydrogens (tertiary/aromatic N) is 2. The molecule has 0 amide bonds. The Morgan fingerprint density at radius 1 is 1.19 bits per heavy atom. The first-order chi connectivity index (χ1) is 16.9. The van der Waals surface area contributed by atoms with Crippen LogP contribution in [0.15, 0.2) is 17.1 Å². The van der Waals surface area contributed by atoms with Crippen LogP contribution in [0.5, 0.6) is 0 Å². The maximum atomic E-state index is 14.6. The molecule has 0 spiro atoms. The molecule has 15 nitrogen and oxygen atoms in total. The summed E-state index contributed by atoms with van der Waals surface area (Å²) in [4.78, 5) is 25.3. The average molecular weight is 561 g/mol. The van der Waals surface area contributed by atoms with E-state index in [1.54, 1.807) is 0 Å². The van der Waals surface area contributed by atoms with Crippen LogP contribution in [-0.2, 0) is 23.1 Å². The van der Waals surface area contributed by atoms with Crippen molar-refractivity contribution >= 4 is 25.4 Å². The van der Waals surface area contributed by atoms with Crippen LogP contribution in [0.2, 0.25) is 0 Å². The summed E-state index contributed by atoms with van der Waals surface area (Å²) in [5.41, 5.74) is 4.59. The standard InChI is InChI=1S/C18H29FN3O12PS/c19-12-14(26)10(36-16(12)22-2-1-11(20)21-18(22)28)7-34-35(29,30)33-4-3-31-17-15(27)13(25)9(24)5-8(23)6-32-17/h1-2,8-10,12-17,23-27H,3-7H2,(H,29,30)(H2,20,21,28)/t8?,9-,10+,12-,13?,14+,15?,16?,17+/m0/s1. The van der Waals surface area contributed by atoms with Gasteiger partial charge in [0, 0.05) is 12.6 Å². The highest BCUT2D eigenvalue weighted by molar-refractivity contribution is 8.00. The molecule has 0 bridgehead atoms. The molecule has 206 valence electrons. The molecule has 0 aromatic carbocycles. The normalized spacial score (nSPS) is 37.2. The van der Waals surface area contributed by atoms with Gasteiger partial charge in [-0.25, -0.2) is 13.8 Å². The Kier molecular flexibility index (Phi) is 10.2. The van der Waals surface area contributed by atoms with Crippen molar-refractivity contribution in [1.82, 2.24) is 9.55 Å². The molecule has 3 heterocycles. The van der Waals surface area contributed by atoms with E-state index >= 15 is 0 Å². The number of nitrogens with two attached hydrogens (primary N) is 1. The van der Waals surface area contributed by atoms with Gasteiger partial charge in [0.1, 0.15) is 29.5 Å². The lowest BCUT2D eigenvalue weighted by Crippen LogP contribution is -2.50. The largest absolute Gasteiger partial charge is 0.472 e. The molecule has 2 aliphatic heterocycles. The fourth-order valence-corrected chi connectivity index (χ4v) is 5.78. The molecule has 3 rings (SSSR count). The Hall–Kier alpha value is -1.21. The highest BCUT2D eigenvalue weighted by Gasteiger charge is 2.46. The molecule has 2 saturated heterocycles. The van der Waals surface area contributed by atoms with Gasteiger partial charge < -0.3 is 45.6 Å². The van der Waals surface area contributed by atoms with E-state index in [2.05, 4.69) is 4.98 Å². The fourth-order valence-electron chi connectivity index (χ4n) is 3.53. The van der Waals surface area contributed by atoms with Crippen LogP contribution in [0.4, 0.5) is 10.2 Å². The van der Waals surface area contributed by atoms with E-state index in [1.165, 1.54) is 12.3 Å². The summed E-state index contributed by atoms with van der Waals surface area (Å²) in [7, 11) is -4.69. The van der Waals surface area contributed by atoms with Gasteiger partial charge in [0.25, 0.3) is 0 Å². The van der Waals surface area contributed by atoms with E-state index in [4.69, 9.17) is 24.3 Å². The summed E-state index contributed by atoms with van der Waals surface area (Å²) >= 11 is 0.803. The third-order valence-corrected chi connectivity index (χ3v) is 7.95. The lowest BCUT2D eigenvalue weighted by Gasteiger charge is -2.33. The minimum Gasteiger partial charge on any atom is -0.391 e. The van der Waals surface area contributed by atoms with Crippen LogP contribution >= 0.6 is 19.6 Å². The monoisotopic (exact) mass is 561 g/mol. The number of halogens is 1. The molecule has 2 aliphatic rings. The summed E-state index contributed by atoms with van der Waals surface area (Å²) < 4.78 is 47.6. The van der Waals surface area contributed by atoms with Crippen molar-refractivity contribution in [1.29, 1.82) is 0 Å². The SMILES string of the molecule is Nc1ccn(C2S[C@H](COP(=O)(O)OCCO[C@@H]3OCC(O)C[C@H](O)C(O)C3O)[C@@H](O)[C@@H]2F)c(=O)n1. The van der Waals surface area contributed by atoms with Crippen LogP contribution in [0.3, 0.4) is 0 Å². The van der Waals surface area contributed by atoms with Gasteiger partial charge in [0.15, 0.2) is 12.5 Å². The van der Waals surface area contributed by atoms with Gasteiger partial charge in [-0.15, -0.1) is 11.8 Å². The van der Waals surface area contributed by atoms with Crippen molar-refractivity contribution in [2.75, 3.05) is 32.2 Å². The summed E-state index contributed by atoms with van der Waals surface area (Å²) in [5, 5.41) is 47.3. The summed E-state index contributed by atoms with van der Waals surface area (Å²) in [5.74, 6) is -0.0561. The fraction of sp³-hybridized carbons (Fsp3) is 0.778. The molecular weight excluding hydrogens is 532 g/mol. The summed E-state index contributed by atoms with van der Waals surface area (Å²) in [6.07, 6.45) is -9.86. The molecule has 0 saturated carbocycles. The van der Waals surface area contributed by atoms with Gasteiger partial charge in [-0.2, -0.15) is 4.98 Å². The first-order valence-electron chi connectivity index (χ1n) is 10.8. The number of aliphatic hydroxyl groups excluding tert-OH is 5. The quantitative estimate of drug-likeness (QED) is 0.122. The number of aliphatic hydroxyl groups is 5. The lowest BCUT2D eigenvalue weighted by molar-refractivity contribution is -0.247. The number of rotatable bonds is 9. The van der Waals surface area contributed by atoms with E-state index in [-0.39, 0.29) is 18.8 Å². The molecule has 18 heteroatoms. The Bertz CT molecular complexity index is 977. The number of ether oxygens (including phenoxy) is 2. The van der Waals surface area contributed by atoms with E-state index in [1.807, 2.05) is 0 Å². The maximum Gasteiger partial charge on any atom is 0.472 e. The van der Waals surface area contributed by atoms with Crippen LogP contribution in [0.1, 0.15) is 11.8 Å². The second kappa shape index (κ2) is 12.6. The van der Waals surface area contributed by atoms with Gasteiger partial charge in [-0.05, 0) is 6.07 Å². The molecule has 1 aromatic heterocycles. The molecule has 0 radical (unpaired) electrons. The zero-order valence-corrected chi connectivity index (χ0v) is 20.4. The maximum absolute atomic E-state index is 14.6. The average Bonchev–Trinajstić information content (AvgIpc) is 3.09. The molecule has 2 fully saturated rings. The van der Waals surface area contributed by atoms with Crippen LogP contribution in [0, 0.1) is 0 Å². The van der Waals surface area contributed by atoms with Gasteiger partial charge in [0.05, 0.1) is 43.9 Å². The highest BCUT2D eigenvalue weighted by Crippen LogP contribution is 2.48. The Labute approximate surface area is 208 Å². The number of phosphoric ester groups is 1. The van der Waals surface area contributed by atoms with E-state index in [0.29, 0.717) is 0 Å². The van der Waals surface area contributed by atoms with Gasteiger partial charge >= 0.3 is 13.5 Å². The second-order valence-electron chi connectivity index (χ2n) is 8.15. The smallest absolute Gasteiger partial charge is 0.391 e. The zero-order chi connectivity index (χ0) is 26.6. The van der Waals surface area contributed by atoms with Crippen molar-refractivity contribution in [2.24, 2.45) is 0 Å². The number of phosphoric acid groups is 1. The number of thioether (sulfide) groups is 1. The molecule has 8 N–H and O–H groups in total. The Morgan fingerprint density at radius 2 is 1.92 bits per heavy atom. The molecule has 0 aliphatic carbocycles. The minimum absolute atomic E-state index is 0.0561. The second-order valence-corrected chi connectivity index (χ2v) is 11.0. The van der Waals surface area contributed by atoms with Crippen molar-refractivity contribution in [2.45, 2.75) is 60.0 Å². The minimum atomic E-state index is -4.69. The van der Waals surface area contributed by atoms with Crippen LogP contribution < -0.4 is 11.4 Å². The first kappa shape index (κ1) is 29.3. The topological polar surface area (TPSA) is 236 Å². The van der Waals surface area contributed by atoms with Crippen molar-refractivity contribution in [3.05, 3.63) is 22.7 Å².